The minimum Gasteiger partial charge on any atom is -0.495 e. The number of hydrogen-bond donors (Lipinski definition) is 2. The lowest BCUT2D eigenvalue weighted by atomic mass is 10.2. The van der Waals surface area contributed by atoms with Gasteiger partial charge in [-0.3, -0.25) is 4.79 Å². The number of para-hydroxylation sites is 1. The lowest BCUT2D eigenvalue weighted by molar-refractivity contribution is -0.114. The molecule has 1 aliphatic heterocycles. The zero-order chi connectivity index (χ0) is 21.6. The molecule has 0 saturated carbocycles. The molecule has 1 aliphatic rings. The molecule has 0 atom stereocenters. The highest BCUT2D eigenvalue weighted by molar-refractivity contribution is 7.98. The first kappa shape index (κ1) is 22.5. The molecule has 1 heterocycles. The number of nitrogens with one attached hydrogen (secondary N) is 2. The van der Waals surface area contributed by atoms with Crippen molar-refractivity contribution >= 4 is 39.1 Å². The summed E-state index contributed by atoms with van der Waals surface area (Å²) in [4.78, 5) is 13.7. The Bertz CT molecular complexity index is 989. The van der Waals surface area contributed by atoms with Crippen LogP contribution in [0.1, 0.15) is 19.3 Å². The standard InChI is InChI=1S/C21H27N3O4S2/c1-28-19-11-10-16(30(26,27)24-12-6-3-7-13-24)14-18(19)23-21(25)15-22-17-8-4-5-9-20(17)29-2/h4-5,8-11,14,22H,3,6-7,12-13,15H2,1-2H3,(H,23,25). The van der Waals surface area contributed by atoms with Gasteiger partial charge in [-0.25, -0.2) is 8.42 Å². The maximum absolute atomic E-state index is 13.0. The van der Waals surface area contributed by atoms with Gasteiger partial charge in [0.15, 0.2) is 0 Å². The number of methoxy groups -OCH3 is 1. The van der Waals surface area contributed by atoms with Crippen LogP contribution in [-0.2, 0) is 14.8 Å². The van der Waals surface area contributed by atoms with Gasteiger partial charge in [0.2, 0.25) is 15.9 Å². The molecule has 9 heteroatoms. The van der Waals surface area contributed by atoms with E-state index in [1.807, 2.05) is 30.5 Å². The lowest BCUT2D eigenvalue weighted by Gasteiger charge is -2.26. The SMILES string of the molecule is COc1ccc(S(=O)(=O)N2CCCCC2)cc1NC(=O)CNc1ccccc1SC. The van der Waals surface area contributed by atoms with Crippen molar-refractivity contribution in [3.8, 4) is 5.75 Å². The molecule has 162 valence electrons. The second kappa shape index (κ2) is 10.2. The number of thioether (sulfide) groups is 1. The van der Waals surface area contributed by atoms with Gasteiger partial charge in [0, 0.05) is 23.7 Å². The summed E-state index contributed by atoms with van der Waals surface area (Å²) in [5, 5.41) is 5.89. The number of anilines is 2. The van der Waals surface area contributed by atoms with Crippen LogP contribution in [0.3, 0.4) is 0 Å². The third-order valence-electron chi connectivity index (χ3n) is 4.94. The monoisotopic (exact) mass is 449 g/mol. The maximum atomic E-state index is 13.0. The van der Waals surface area contributed by atoms with Crippen molar-refractivity contribution in [2.24, 2.45) is 0 Å². The Morgan fingerprint density at radius 2 is 1.83 bits per heavy atom. The molecule has 0 aromatic heterocycles. The second-order valence-electron chi connectivity index (χ2n) is 6.93. The predicted octanol–water partition coefficient (Wildman–Crippen LogP) is 3.64. The highest BCUT2D eigenvalue weighted by Gasteiger charge is 2.27. The molecule has 0 bridgehead atoms. The van der Waals surface area contributed by atoms with Crippen LogP contribution in [-0.4, -0.2) is 51.6 Å². The van der Waals surface area contributed by atoms with Crippen LogP contribution < -0.4 is 15.4 Å². The molecule has 0 unspecified atom stereocenters. The number of nitrogens with zero attached hydrogens (tertiary/aromatic N) is 1. The molecule has 1 saturated heterocycles. The van der Waals surface area contributed by atoms with E-state index in [2.05, 4.69) is 10.6 Å². The Balaban J connectivity index is 1.74. The third-order valence-corrected chi connectivity index (χ3v) is 7.63. The fraction of sp³-hybridized carbons (Fsp3) is 0.381. The van der Waals surface area contributed by atoms with Crippen LogP contribution in [0.4, 0.5) is 11.4 Å². The van der Waals surface area contributed by atoms with E-state index in [-0.39, 0.29) is 17.3 Å². The van der Waals surface area contributed by atoms with Gasteiger partial charge >= 0.3 is 0 Å². The number of hydrogen-bond acceptors (Lipinski definition) is 6. The van der Waals surface area contributed by atoms with Crippen molar-refractivity contribution in [3.63, 3.8) is 0 Å². The zero-order valence-electron chi connectivity index (χ0n) is 17.2. The van der Waals surface area contributed by atoms with Crippen molar-refractivity contribution in [2.45, 2.75) is 29.1 Å². The molecule has 0 radical (unpaired) electrons. The molecule has 2 aromatic rings. The van der Waals surface area contributed by atoms with Crippen LogP contribution in [0, 0.1) is 0 Å². The molecular formula is C21H27N3O4S2. The Kier molecular flexibility index (Phi) is 7.63. The topological polar surface area (TPSA) is 87.7 Å². The van der Waals surface area contributed by atoms with Crippen LogP contribution in [0.15, 0.2) is 52.3 Å². The average molecular weight is 450 g/mol. The third kappa shape index (κ3) is 5.27. The van der Waals surface area contributed by atoms with Crippen LogP contribution in [0.2, 0.25) is 0 Å². The maximum Gasteiger partial charge on any atom is 0.243 e. The molecule has 1 amide bonds. The summed E-state index contributed by atoms with van der Waals surface area (Å²) in [5.74, 6) is 0.113. The number of carbonyl (C=O) groups excluding carboxylic acids is 1. The molecule has 3 rings (SSSR count). The van der Waals surface area contributed by atoms with E-state index in [0.717, 1.165) is 29.8 Å². The fourth-order valence-corrected chi connectivity index (χ4v) is 5.48. The number of amides is 1. The van der Waals surface area contributed by atoms with E-state index in [4.69, 9.17) is 4.74 Å². The summed E-state index contributed by atoms with van der Waals surface area (Å²) in [7, 11) is -2.12. The van der Waals surface area contributed by atoms with Crippen molar-refractivity contribution < 1.29 is 17.9 Å². The summed E-state index contributed by atoms with van der Waals surface area (Å²) >= 11 is 1.59. The van der Waals surface area contributed by atoms with Gasteiger partial charge in [-0.2, -0.15) is 4.31 Å². The summed E-state index contributed by atoms with van der Waals surface area (Å²) in [6.45, 7) is 1.09. The first-order chi connectivity index (χ1) is 14.5. The predicted molar refractivity (Wildman–Crippen MR) is 121 cm³/mol. The second-order valence-corrected chi connectivity index (χ2v) is 9.71. The number of sulfonamides is 1. The smallest absolute Gasteiger partial charge is 0.243 e. The molecule has 30 heavy (non-hydrogen) atoms. The zero-order valence-corrected chi connectivity index (χ0v) is 18.8. The van der Waals surface area contributed by atoms with E-state index in [1.165, 1.54) is 23.5 Å². The Labute approximate surface area is 182 Å². The van der Waals surface area contributed by atoms with E-state index >= 15 is 0 Å². The first-order valence-corrected chi connectivity index (χ1v) is 12.5. The van der Waals surface area contributed by atoms with Gasteiger partial charge in [-0.1, -0.05) is 18.6 Å². The minimum atomic E-state index is -3.60. The fourth-order valence-electron chi connectivity index (χ4n) is 3.36. The van der Waals surface area contributed by atoms with Gasteiger partial charge in [0.25, 0.3) is 0 Å². The molecule has 2 aromatic carbocycles. The van der Waals surface area contributed by atoms with Gasteiger partial charge in [-0.05, 0) is 49.4 Å². The number of piperidine rings is 1. The first-order valence-electron chi connectivity index (χ1n) is 9.80. The van der Waals surface area contributed by atoms with Crippen LogP contribution in [0.5, 0.6) is 5.75 Å². The van der Waals surface area contributed by atoms with E-state index < -0.39 is 10.0 Å². The Hall–Kier alpha value is -2.23. The highest BCUT2D eigenvalue weighted by atomic mass is 32.2. The Morgan fingerprint density at radius 1 is 1.10 bits per heavy atom. The highest BCUT2D eigenvalue weighted by Crippen LogP contribution is 2.30. The van der Waals surface area contributed by atoms with E-state index in [9.17, 15) is 13.2 Å². The molecule has 1 fully saturated rings. The normalized spacial score (nSPS) is 14.9. The van der Waals surface area contributed by atoms with Crippen molar-refractivity contribution in [1.82, 2.24) is 4.31 Å². The van der Waals surface area contributed by atoms with Gasteiger partial charge in [-0.15, -0.1) is 11.8 Å². The van der Waals surface area contributed by atoms with E-state index in [1.54, 1.807) is 17.8 Å². The minimum absolute atomic E-state index is 0.0455. The summed E-state index contributed by atoms with van der Waals surface area (Å²) in [5.41, 5.74) is 1.20. The van der Waals surface area contributed by atoms with Crippen LogP contribution in [0.25, 0.3) is 0 Å². The summed E-state index contributed by atoms with van der Waals surface area (Å²) in [6.07, 6.45) is 4.74. The van der Waals surface area contributed by atoms with Gasteiger partial charge in [0.05, 0.1) is 24.2 Å². The quantitative estimate of drug-likeness (QED) is 0.598. The molecule has 7 nitrogen and oxygen atoms in total. The molecular weight excluding hydrogens is 422 g/mol. The van der Waals surface area contributed by atoms with Crippen molar-refractivity contribution in [2.75, 3.05) is 43.6 Å². The number of benzene rings is 2. The summed E-state index contributed by atoms with van der Waals surface area (Å²) < 4.78 is 32.7. The van der Waals surface area contributed by atoms with Crippen molar-refractivity contribution in [3.05, 3.63) is 42.5 Å². The largest absolute Gasteiger partial charge is 0.495 e. The average Bonchev–Trinajstić information content (AvgIpc) is 2.78. The molecule has 0 aliphatic carbocycles. The molecule has 0 spiro atoms. The van der Waals surface area contributed by atoms with Gasteiger partial charge in [0.1, 0.15) is 5.75 Å². The van der Waals surface area contributed by atoms with Gasteiger partial charge < -0.3 is 15.4 Å². The number of ether oxygens (including phenoxy) is 1. The number of rotatable bonds is 8. The lowest BCUT2D eigenvalue weighted by Crippen LogP contribution is -2.35. The Morgan fingerprint density at radius 3 is 2.53 bits per heavy atom. The van der Waals surface area contributed by atoms with Crippen molar-refractivity contribution in [1.29, 1.82) is 0 Å². The van der Waals surface area contributed by atoms with Crippen LogP contribution >= 0.6 is 11.8 Å². The summed E-state index contributed by atoms with van der Waals surface area (Å²) in [6, 6.07) is 12.3. The molecule has 2 N–H and O–H groups in total. The van der Waals surface area contributed by atoms with E-state index in [0.29, 0.717) is 24.5 Å². The number of carbonyl (C=O) groups is 1.